The third kappa shape index (κ3) is 3.73. The Balaban J connectivity index is 1.26. The summed E-state index contributed by atoms with van der Waals surface area (Å²) >= 11 is 0. The van der Waals surface area contributed by atoms with Gasteiger partial charge in [0.25, 0.3) is 5.91 Å². The van der Waals surface area contributed by atoms with Crippen LogP contribution in [-0.2, 0) is 13.0 Å². The van der Waals surface area contributed by atoms with Crippen LogP contribution in [0.1, 0.15) is 21.7 Å². The standard InChI is InChI=1S/C22H20N6O4/c1-13-7-19(32-27-13)21-20(24-12-31-21)22(29)26-15-10-25-28(11-15)6-5-14-9-23-18-4-3-16(30-2)8-17(14)18/h3-4,7-12,23H,5-6H2,1-2H3,(H,26,29). The monoisotopic (exact) mass is 432 g/mol. The first-order valence-corrected chi connectivity index (χ1v) is 9.95. The number of benzene rings is 1. The highest BCUT2D eigenvalue weighted by molar-refractivity contribution is 6.05. The van der Waals surface area contributed by atoms with Gasteiger partial charge in [0.05, 0.1) is 24.7 Å². The van der Waals surface area contributed by atoms with Crippen LogP contribution in [0, 0.1) is 6.92 Å². The maximum atomic E-state index is 12.7. The first-order chi connectivity index (χ1) is 15.6. The summed E-state index contributed by atoms with van der Waals surface area (Å²) in [5, 5.41) is 12.1. The summed E-state index contributed by atoms with van der Waals surface area (Å²) in [5.74, 6) is 0.961. The number of oxazole rings is 1. The van der Waals surface area contributed by atoms with E-state index in [9.17, 15) is 4.79 Å². The highest BCUT2D eigenvalue weighted by atomic mass is 16.5. The normalized spacial score (nSPS) is 11.2. The van der Waals surface area contributed by atoms with Crippen molar-refractivity contribution in [3.63, 3.8) is 0 Å². The van der Waals surface area contributed by atoms with Gasteiger partial charge < -0.3 is 24.0 Å². The molecule has 0 saturated carbocycles. The number of aromatic amines is 1. The van der Waals surface area contributed by atoms with E-state index in [1.54, 1.807) is 37.2 Å². The molecule has 1 aromatic carbocycles. The number of hydrogen-bond donors (Lipinski definition) is 2. The van der Waals surface area contributed by atoms with Crippen LogP contribution in [0.2, 0.25) is 0 Å². The van der Waals surface area contributed by atoms with Crippen LogP contribution < -0.4 is 10.1 Å². The minimum atomic E-state index is -0.425. The van der Waals surface area contributed by atoms with Gasteiger partial charge >= 0.3 is 0 Å². The fraction of sp³-hybridized carbons (Fsp3) is 0.182. The fourth-order valence-electron chi connectivity index (χ4n) is 3.52. The van der Waals surface area contributed by atoms with E-state index in [-0.39, 0.29) is 11.5 Å². The highest BCUT2D eigenvalue weighted by Gasteiger charge is 2.22. The minimum absolute atomic E-state index is 0.113. The first kappa shape index (κ1) is 19.6. The van der Waals surface area contributed by atoms with Crippen molar-refractivity contribution < 1.29 is 18.5 Å². The van der Waals surface area contributed by atoms with Gasteiger partial charge in [-0.15, -0.1) is 0 Å². The van der Waals surface area contributed by atoms with Crippen molar-refractivity contribution in [2.45, 2.75) is 19.9 Å². The Kier molecular flexibility index (Phi) is 4.94. The predicted octanol–water partition coefficient (Wildman–Crippen LogP) is 3.82. The maximum absolute atomic E-state index is 12.7. The number of anilines is 1. The Morgan fingerprint density at radius 2 is 2.22 bits per heavy atom. The summed E-state index contributed by atoms with van der Waals surface area (Å²) in [6.45, 7) is 2.43. The zero-order chi connectivity index (χ0) is 22.1. The molecule has 0 fully saturated rings. The smallest absolute Gasteiger partial charge is 0.278 e. The van der Waals surface area contributed by atoms with E-state index in [1.165, 1.54) is 6.39 Å². The number of hydrogen-bond acceptors (Lipinski definition) is 7. The zero-order valence-corrected chi connectivity index (χ0v) is 17.5. The lowest BCUT2D eigenvalue weighted by Crippen LogP contribution is -2.13. The summed E-state index contributed by atoms with van der Waals surface area (Å²) in [7, 11) is 1.65. The number of rotatable bonds is 7. The van der Waals surface area contributed by atoms with E-state index in [0.717, 1.165) is 28.6 Å². The van der Waals surface area contributed by atoms with E-state index >= 15 is 0 Å². The van der Waals surface area contributed by atoms with Crippen LogP contribution in [0.4, 0.5) is 5.69 Å². The van der Waals surface area contributed by atoms with E-state index < -0.39 is 5.91 Å². The lowest BCUT2D eigenvalue weighted by molar-refractivity contribution is 0.102. The van der Waals surface area contributed by atoms with E-state index in [0.29, 0.717) is 23.7 Å². The summed E-state index contributed by atoms with van der Waals surface area (Å²) < 4.78 is 17.6. The summed E-state index contributed by atoms with van der Waals surface area (Å²) in [6.07, 6.45) is 7.32. The molecule has 0 aliphatic heterocycles. The number of methoxy groups -OCH3 is 1. The SMILES string of the molecule is COc1ccc2[nH]cc(CCn3cc(NC(=O)c4ncoc4-c4cc(C)no4)cn3)c2c1. The Morgan fingerprint density at radius 1 is 1.31 bits per heavy atom. The van der Waals surface area contributed by atoms with Gasteiger partial charge in [-0.25, -0.2) is 4.98 Å². The molecule has 0 saturated heterocycles. The minimum Gasteiger partial charge on any atom is -0.497 e. The number of fused-ring (bicyclic) bond motifs is 1. The molecule has 0 atom stereocenters. The van der Waals surface area contributed by atoms with Crippen LogP contribution in [0.5, 0.6) is 5.75 Å². The Labute approximate surface area is 182 Å². The molecule has 162 valence electrons. The number of carbonyl (C=O) groups excluding carboxylic acids is 1. The van der Waals surface area contributed by atoms with Gasteiger partial charge in [-0.2, -0.15) is 5.10 Å². The average molecular weight is 432 g/mol. The largest absolute Gasteiger partial charge is 0.497 e. The number of ether oxygens (including phenoxy) is 1. The van der Waals surface area contributed by atoms with Crippen molar-refractivity contribution in [1.29, 1.82) is 0 Å². The number of nitrogens with one attached hydrogen (secondary N) is 2. The second kappa shape index (κ2) is 8.06. The van der Waals surface area contributed by atoms with Crippen LogP contribution in [0.25, 0.3) is 22.4 Å². The predicted molar refractivity (Wildman–Crippen MR) is 115 cm³/mol. The molecule has 10 heteroatoms. The van der Waals surface area contributed by atoms with E-state index in [4.69, 9.17) is 13.7 Å². The van der Waals surface area contributed by atoms with Gasteiger partial charge in [0, 0.05) is 35.9 Å². The Hall–Kier alpha value is -4.34. The molecule has 32 heavy (non-hydrogen) atoms. The molecule has 0 unspecified atom stereocenters. The van der Waals surface area contributed by atoms with Crippen molar-refractivity contribution in [1.82, 2.24) is 24.9 Å². The molecule has 5 rings (SSSR count). The van der Waals surface area contributed by atoms with Crippen molar-refractivity contribution in [3.05, 3.63) is 66.2 Å². The molecule has 0 bridgehead atoms. The second-order valence-electron chi connectivity index (χ2n) is 7.28. The summed E-state index contributed by atoms with van der Waals surface area (Å²) in [4.78, 5) is 20.0. The third-order valence-electron chi connectivity index (χ3n) is 5.11. The molecular formula is C22H20N6O4. The van der Waals surface area contributed by atoms with Crippen LogP contribution in [0.15, 0.2) is 58.2 Å². The van der Waals surface area contributed by atoms with Gasteiger partial charge in [-0.1, -0.05) is 5.16 Å². The van der Waals surface area contributed by atoms with Crippen molar-refractivity contribution >= 4 is 22.5 Å². The molecule has 2 N–H and O–H groups in total. The Bertz CT molecular complexity index is 1390. The second-order valence-corrected chi connectivity index (χ2v) is 7.28. The van der Waals surface area contributed by atoms with Gasteiger partial charge in [0.2, 0.25) is 11.5 Å². The molecule has 10 nitrogen and oxygen atoms in total. The fourth-order valence-corrected chi connectivity index (χ4v) is 3.52. The number of amides is 1. The molecule has 4 heterocycles. The van der Waals surface area contributed by atoms with Gasteiger partial charge in [0.1, 0.15) is 5.75 Å². The molecule has 5 aromatic rings. The molecule has 4 aromatic heterocycles. The van der Waals surface area contributed by atoms with Crippen molar-refractivity contribution in [2.75, 3.05) is 12.4 Å². The molecule has 0 radical (unpaired) electrons. The average Bonchev–Trinajstić information content (AvgIpc) is 3.58. The number of nitrogens with zero attached hydrogens (tertiary/aromatic N) is 4. The molecule has 0 spiro atoms. The molecular weight excluding hydrogens is 412 g/mol. The van der Waals surface area contributed by atoms with Crippen molar-refractivity contribution in [2.24, 2.45) is 0 Å². The molecule has 1 amide bonds. The number of H-pyrrole nitrogens is 1. The van der Waals surface area contributed by atoms with Crippen LogP contribution >= 0.6 is 0 Å². The molecule has 0 aliphatic rings. The lowest BCUT2D eigenvalue weighted by Gasteiger charge is -2.03. The first-order valence-electron chi connectivity index (χ1n) is 9.95. The van der Waals surface area contributed by atoms with Crippen LogP contribution in [-0.4, -0.2) is 37.9 Å². The molecule has 0 aliphatic carbocycles. The highest BCUT2D eigenvalue weighted by Crippen LogP contribution is 2.25. The van der Waals surface area contributed by atoms with Crippen molar-refractivity contribution in [3.8, 4) is 17.3 Å². The quantitative estimate of drug-likeness (QED) is 0.401. The summed E-state index contributed by atoms with van der Waals surface area (Å²) in [5.41, 5.74) is 3.56. The Morgan fingerprint density at radius 3 is 3.03 bits per heavy atom. The summed E-state index contributed by atoms with van der Waals surface area (Å²) in [6, 6.07) is 7.61. The lowest BCUT2D eigenvalue weighted by atomic mass is 10.1. The van der Waals surface area contributed by atoms with Gasteiger partial charge in [-0.3, -0.25) is 9.48 Å². The number of aromatic nitrogens is 5. The van der Waals surface area contributed by atoms with E-state index in [2.05, 4.69) is 25.5 Å². The topological polar surface area (TPSA) is 124 Å². The van der Waals surface area contributed by atoms with Gasteiger partial charge in [0.15, 0.2) is 12.1 Å². The number of carbonyl (C=O) groups is 1. The third-order valence-corrected chi connectivity index (χ3v) is 5.11. The van der Waals surface area contributed by atoms with E-state index in [1.807, 2.05) is 24.4 Å². The maximum Gasteiger partial charge on any atom is 0.278 e. The number of aryl methyl sites for hydroxylation is 3. The zero-order valence-electron chi connectivity index (χ0n) is 17.5. The van der Waals surface area contributed by atoms with Gasteiger partial charge in [-0.05, 0) is 37.1 Å². The van der Waals surface area contributed by atoms with Crippen LogP contribution in [0.3, 0.4) is 0 Å².